The molecule has 2 aromatic rings. The Kier molecular flexibility index (Phi) is 3.74. The zero-order valence-corrected chi connectivity index (χ0v) is 12.0. The molecule has 0 saturated heterocycles. The van der Waals surface area contributed by atoms with E-state index in [1.165, 1.54) is 5.56 Å². The lowest BCUT2D eigenvalue weighted by Crippen LogP contribution is -2.38. The predicted octanol–water partition coefficient (Wildman–Crippen LogP) is 2.12. The Morgan fingerprint density at radius 3 is 3.05 bits per heavy atom. The van der Waals surface area contributed by atoms with Crippen molar-refractivity contribution in [3.8, 4) is 5.75 Å². The van der Waals surface area contributed by atoms with Gasteiger partial charge in [0.25, 0.3) is 0 Å². The van der Waals surface area contributed by atoms with Crippen LogP contribution in [0.5, 0.6) is 5.75 Å². The first-order chi connectivity index (χ1) is 9.79. The van der Waals surface area contributed by atoms with Gasteiger partial charge in [0.05, 0.1) is 6.61 Å². The number of fused-ring (bicyclic) bond motifs is 1. The second-order valence-corrected chi connectivity index (χ2v) is 5.28. The highest BCUT2D eigenvalue weighted by Gasteiger charge is 2.31. The van der Waals surface area contributed by atoms with E-state index in [0.717, 1.165) is 31.1 Å². The SMILES string of the molecule is CCNC(Cc1nccn1C)C1COc2ccccc21. The number of imidazole rings is 1. The summed E-state index contributed by atoms with van der Waals surface area (Å²) >= 11 is 0. The van der Waals surface area contributed by atoms with Crippen molar-refractivity contribution in [1.29, 1.82) is 0 Å². The van der Waals surface area contributed by atoms with E-state index in [9.17, 15) is 0 Å². The first-order valence-electron chi connectivity index (χ1n) is 7.21. The van der Waals surface area contributed by atoms with E-state index in [1.54, 1.807) is 0 Å². The van der Waals surface area contributed by atoms with Crippen LogP contribution in [-0.4, -0.2) is 28.7 Å². The van der Waals surface area contributed by atoms with Crippen LogP contribution in [-0.2, 0) is 13.5 Å². The van der Waals surface area contributed by atoms with Crippen LogP contribution in [0.25, 0.3) is 0 Å². The number of aryl methyl sites for hydroxylation is 1. The third-order valence-electron chi connectivity index (χ3n) is 4.01. The van der Waals surface area contributed by atoms with E-state index >= 15 is 0 Å². The molecule has 0 aliphatic carbocycles. The van der Waals surface area contributed by atoms with Crippen molar-refractivity contribution in [2.75, 3.05) is 13.2 Å². The molecule has 4 nitrogen and oxygen atoms in total. The van der Waals surface area contributed by atoms with Gasteiger partial charge in [-0.3, -0.25) is 0 Å². The van der Waals surface area contributed by atoms with Crippen LogP contribution in [0.3, 0.4) is 0 Å². The molecule has 106 valence electrons. The molecule has 1 aliphatic heterocycles. The van der Waals surface area contributed by atoms with Crippen molar-refractivity contribution < 1.29 is 4.74 Å². The Balaban J connectivity index is 1.83. The minimum Gasteiger partial charge on any atom is -0.493 e. The molecule has 0 bridgehead atoms. The molecule has 0 spiro atoms. The van der Waals surface area contributed by atoms with Crippen LogP contribution in [0, 0.1) is 0 Å². The predicted molar refractivity (Wildman–Crippen MR) is 79.1 cm³/mol. The van der Waals surface area contributed by atoms with E-state index in [0.29, 0.717) is 12.0 Å². The van der Waals surface area contributed by atoms with Gasteiger partial charge in [-0.1, -0.05) is 25.1 Å². The Morgan fingerprint density at radius 2 is 2.30 bits per heavy atom. The van der Waals surface area contributed by atoms with Crippen LogP contribution in [0.15, 0.2) is 36.7 Å². The normalized spacial score (nSPS) is 18.6. The fraction of sp³-hybridized carbons (Fsp3) is 0.438. The number of nitrogens with one attached hydrogen (secondary N) is 1. The number of hydrogen-bond acceptors (Lipinski definition) is 3. The zero-order valence-electron chi connectivity index (χ0n) is 12.0. The molecule has 1 N–H and O–H groups in total. The van der Waals surface area contributed by atoms with Crippen molar-refractivity contribution in [2.45, 2.75) is 25.3 Å². The van der Waals surface area contributed by atoms with Crippen molar-refractivity contribution in [3.63, 3.8) is 0 Å². The maximum absolute atomic E-state index is 5.82. The van der Waals surface area contributed by atoms with Gasteiger partial charge in [-0.2, -0.15) is 0 Å². The quantitative estimate of drug-likeness (QED) is 0.905. The van der Waals surface area contributed by atoms with Gasteiger partial charge in [0.15, 0.2) is 0 Å². The molecule has 0 saturated carbocycles. The maximum Gasteiger partial charge on any atom is 0.122 e. The molecule has 2 unspecified atom stereocenters. The van der Waals surface area contributed by atoms with Crippen LogP contribution in [0.2, 0.25) is 0 Å². The Morgan fingerprint density at radius 1 is 1.45 bits per heavy atom. The third kappa shape index (κ3) is 2.43. The van der Waals surface area contributed by atoms with Gasteiger partial charge in [0.1, 0.15) is 11.6 Å². The van der Waals surface area contributed by atoms with E-state index in [4.69, 9.17) is 4.74 Å². The topological polar surface area (TPSA) is 39.1 Å². The summed E-state index contributed by atoms with van der Waals surface area (Å²) in [6.07, 6.45) is 4.77. The van der Waals surface area contributed by atoms with E-state index in [-0.39, 0.29) is 0 Å². The van der Waals surface area contributed by atoms with Crippen molar-refractivity contribution >= 4 is 0 Å². The first-order valence-corrected chi connectivity index (χ1v) is 7.21. The van der Waals surface area contributed by atoms with E-state index in [2.05, 4.69) is 40.0 Å². The van der Waals surface area contributed by atoms with E-state index in [1.807, 2.05) is 25.5 Å². The number of para-hydroxylation sites is 1. The van der Waals surface area contributed by atoms with Crippen LogP contribution in [0.4, 0.5) is 0 Å². The highest BCUT2D eigenvalue weighted by molar-refractivity contribution is 5.40. The summed E-state index contributed by atoms with van der Waals surface area (Å²) in [6, 6.07) is 8.70. The zero-order chi connectivity index (χ0) is 13.9. The average Bonchev–Trinajstić information content (AvgIpc) is 3.05. The Bertz CT molecular complexity index is 579. The number of hydrogen-bond donors (Lipinski definition) is 1. The molecule has 2 heterocycles. The van der Waals surface area contributed by atoms with Crippen LogP contribution < -0.4 is 10.1 Å². The molecule has 1 aromatic carbocycles. The summed E-state index contributed by atoms with van der Waals surface area (Å²) in [7, 11) is 2.05. The number of benzene rings is 1. The number of likely N-dealkylation sites (N-methyl/N-ethyl adjacent to an activating group) is 1. The second-order valence-electron chi connectivity index (χ2n) is 5.28. The molecule has 4 heteroatoms. The maximum atomic E-state index is 5.82. The van der Waals surface area contributed by atoms with Crippen molar-refractivity contribution in [3.05, 3.63) is 48.0 Å². The minimum absolute atomic E-state index is 0.352. The fourth-order valence-corrected chi connectivity index (χ4v) is 2.93. The summed E-state index contributed by atoms with van der Waals surface area (Å²) in [5, 5.41) is 3.60. The summed E-state index contributed by atoms with van der Waals surface area (Å²) in [5.41, 5.74) is 1.31. The summed E-state index contributed by atoms with van der Waals surface area (Å²) in [6.45, 7) is 3.85. The molecule has 2 atom stereocenters. The lowest BCUT2D eigenvalue weighted by Gasteiger charge is -2.23. The Hall–Kier alpha value is -1.81. The largest absolute Gasteiger partial charge is 0.493 e. The molecular formula is C16H21N3O. The lowest BCUT2D eigenvalue weighted by molar-refractivity contribution is 0.296. The van der Waals surface area contributed by atoms with Gasteiger partial charge in [-0.25, -0.2) is 4.98 Å². The number of aromatic nitrogens is 2. The summed E-state index contributed by atoms with van der Waals surface area (Å²) in [5.74, 6) is 2.53. The van der Waals surface area contributed by atoms with Crippen LogP contribution >= 0.6 is 0 Å². The number of rotatable bonds is 5. The van der Waals surface area contributed by atoms with Gasteiger partial charge in [0.2, 0.25) is 0 Å². The van der Waals surface area contributed by atoms with Gasteiger partial charge in [0, 0.05) is 43.4 Å². The van der Waals surface area contributed by atoms with Crippen molar-refractivity contribution in [2.24, 2.45) is 7.05 Å². The van der Waals surface area contributed by atoms with Gasteiger partial charge in [-0.05, 0) is 12.6 Å². The molecular weight excluding hydrogens is 250 g/mol. The molecule has 1 aromatic heterocycles. The molecule has 0 fully saturated rings. The summed E-state index contributed by atoms with van der Waals surface area (Å²) < 4.78 is 7.91. The number of ether oxygens (including phenoxy) is 1. The fourth-order valence-electron chi connectivity index (χ4n) is 2.93. The van der Waals surface area contributed by atoms with Gasteiger partial charge < -0.3 is 14.6 Å². The summed E-state index contributed by atoms with van der Waals surface area (Å²) in [4.78, 5) is 4.45. The first kappa shape index (κ1) is 13.2. The molecule has 3 rings (SSSR count). The van der Waals surface area contributed by atoms with Gasteiger partial charge >= 0.3 is 0 Å². The molecule has 0 amide bonds. The van der Waals surface area contributed by atoms with Gasteiger partial charge in [-0.15, -0.1) is 0 Å². The second kappa shape index (κ2) is 5.67. The highest BCUT2D eigenvalue weighted by Crippen LogP contribution is 2.36. The van der Waals surface area contributed by atoms with E-state index < -0.39 is 0 Å². The Labute approximate surface area is 119 Å². The smallest absolute Gasteiger partial charge is 0.122 e. The van der Waals surface area contributed by atoms with Crippen LogP contribution in [0.1, 0.15) is 24.2 Å². The molecule has 20 heavy (non-hydrogen) atoms. The monoisotopic (exact) mass is 271 g/mol. The van der Waals surface area contributed by atoms with Crippen molar-refractivity contribution in [1.82, 2.24) is 14.9 Å². The molecule has 0 radical (unpaired) electrons. The highest BCUT2D eigenvalue weighted by atomic mass is 16.5. The molecule has 1 aliphatic rings. The third-order valence-corrected chi connectivity index (χ3v) is 4.01. The average molecular weight is 271 g/mol. The lowest BCUT2D eigenvalue weighted by atomic mass is 9.91. The minimum atomic E-state index is 0.352. The standard InChI is InChI=1S/C16H21N3O/c1-3-17-14(10-16-18-8-9-19(16)2)13-11-20-15-7-5-4-6-12(13)15/h4-9,13-14,17H,3,10-11H2,1-2H3. The number of nitrogens with zero attached hydrogens (tertiary/aromatic N) is 2.